The minimum Gasteiger partial charge on any atom is -0.301 e. The van der Waals surface area contributed by atoms with Crippen LogP contribution in [0.5, 0.6) is 0 Å². The second-order valence-corrected chi connectivity index (χ2v) is 8.27. The van der Waals surface area contributed by atoms with E-state index in [9.17, 15) is 8.42 Å². The van der Waals surface area contributed by atoms with Gasteiger partial charge in [0.05, 0.1) is 4.90 Å². The lowest BCUT2D eigenvalue weighted by Gasteiger charge is -2.25. The van der Waals surface area contributed by atoms with Crippen LogP contribution in [0.15, 0.2) is 57.9 Å². The van der Waals surface area contributed by atoms with E-state index in [1.807, 2.05) is 56.3 Å². The molecule has 0 bridgehead atoms. The fraction of sp³-hybridized carbons (Fsp3) is 0.294. The number of halogens is 1. The lowest BCUT2D eigenvalue weighted by atomic mass is 10.1. The van der Waals surface area contributed by atoms with E-state index in [0.717, 1.165) is 11.1 Å². The molecule has 0 aliphatic rings. The molecule has 0 spiro atoms. The van der Waals surface area contributed by atoms with E-state index in [1.54, 1.807) is 18.2 Å². The van der Waals surface area contributed by atoms with E-state index in [4.69, 9.17) is 0 Å². The highest BCUT2D eigenvalue weighted by Gasteiger charge is 2.21. The molecule has 0 saturated heterocycles. The molecule has 0 radical (unpaired) electrons. The van der Waals surface area contributed by atoms with Crippen LogP contribution < -0.4 is 4.72 Å². The van der Waals surface area contributed by atoms with Gasteiger partial charge in [-0.25, -0.2) is 13.1 Å². The van der Waals surface area contributed by atoms with Crippen molar-refractivity contribution in [1.82, 2.24) is 9.62 Å². The Kier molecular flexibility index (Phi) is 5.97. The number of rotatable bonds is 6. The molecule has 0 aliphatic carbocycles. The fourth-order valence-corrected chi connectivity index (χ4v) is 4.59. The van der Waals surface area contributed by atoms with Gasteiger partial charge in [0.2, 0.25) is 10.0 Å². The third kappa shape index (κ3) is 4.64. The Balaban J connectivity index is 2.20. The van der Waals surface area contributed by atoms with Gasteiger partial charge in [-0.2, -0.15) is 0 Å². The van der Waals surface area contributed by atoms with Crippen LogP contribution in [0.3, 0.4) is 0 Å². The zero-order valence-electron chi connectivity index (χ0n) is 13.5. The third-order valence-corrected chi connectivity index (χ3v) is 6.05. The Morgan fingerprint density at radius 1 is 1.13 bits per heavy atom. The summed E-state index contributed by atoms with van der Waals surface area (Å²) in [5.41, 5.74) is 2.08. The van der Waals surface area contributed by atoms with Gasteiger partial charge in [-0.3, -0.25) is 0 Å². The fourth-order valence-electron chi connectivity index (χ4n) is 2.36. The second kappa shape index (κ2) is 7.57. The van der Waals surface area contributed by atoms with E-state index < -0.39 is 10.0 Å². The van der Waals surface area contributed by atoms with E-state index in [1.165, 1.54) is 0 Å². The summed E-state index contributed by atoms with van der Waals surface area (Å²) in [5.74, 6) is 0. The number of nitrogens with zero attached hydrogens (tertiary/aromatic N) is 1. The summed E-state index contributed by atoms with van der Waals surface area (Å²) in [5, 5.41) is 0. The summed E-state index contributed by atoms with van der Waals surface area (Å²) in [7, 11) is 0.309. The zero-order valence-corrected chi connectivity index (χ0v) is 15.9. The van der Waals surface area contributed by atoms with Crippen molar-refractivity contribution in [3.63, 3.8) is 0 Å². The van der Waals surface area contributed by atoms with Crippen LogP contribution in [0.2, 0.25) is 0 Å². The summed E-state index contributed by atoms with van der Waals surface area (Å²) >= 11 is 3.33. The molecule has 1 N–H and O–H groups in total. The van der Waals surface area contributed by atoms with Gasteiger partial charge >= 0.3 is 0 Å². The maximum Gasteiger partial charge on any atom is 0.241 e. The van der Waals surface area contributed by atoms with Gasteiger partial charge in [-0.1, -0.05) is 36.4 Å². The highest BCUT2D eigenvalue weighted by Crippen LogP contribution is 2.24. The number of benzene rings is 2. The first-order chi connectivity index (χ1) is 10.8. The Morgan fingerprint density at radius 2 is 1.78 bits per heavy atom. The van der Waals surface area contributed by atoms with Gasteiger partial charge in [-0.15, -0.1) is 0 Å². The molecule has 2 rings (SSSR count). The predicted octanol–water partition coefficient (Wildman–Crippen LogP) is 3.34. The van der Waals surface area contributed by atoms with Gasteiger partial charge in [-0.05, 0) is 60.2 Å². The van der Waals surface area contributed by atoms with Crippen molar-refractivity contribution < 1.29 is 8.42 Å². The Labute approximate surface area is 146 Å². The molecule has 0 saturated carbocycles. The Morgan fingerprint density at radius 3 is 2.35 bits per heavy atom. The molecule has 23 heavy (non-hydrogen) atoms. The largest absolute Gasteiger partial charge is 0.301 e. The number of hydrogen-bond donors (Lipinski definition) is 1. The molecule has 0 fully saturated rings. The molecular formula is C17H21BrN2O2S. The van der Waals surface area contributed by atoms with Gasteiger partial charge in [0.25, 0.3) is 0 Å². The molecule has 0 amide bonds. The smallest absolute Gasteiger partial charge is 0.241 e. The van der Waals surface area contributed by atoms with Crippen LogP contribution in [0.4, 0.5) is 0 Å². The van der Waals surface area contributed by atoms with Crippen LogP contribution in [-0.2, 0) is 10.0 Å². The third-order valence-electron chi connectivity index (χ3n) is 3.65. The van der Waals surface area contributed by atoms with Crippen molar-refractivity contribution in [1.29, 1.82) is 0 Å². The highest BCUT2D eigenvalue weighted by molar-refractivity contribution is 9.10. The van der Waals surface area contributed by atoms with Crippen molar-refractivity contribution in [3.05, 3.63) is 64.1 Å². The van der Waals surface area contributed by atoms with Gasteiger partial charge < -0.3 is 4.90 Å². The molecule has 4 nitrogen and oxygen atoms in total. The van der Waals surface area contributed by atoms with E-state index in [-0.39, 0.29) is 10.9 Å². The molecule has 0 heterocycles. The first-order valence-electron chi connectivity index (χ1n) is 7.28. The number of hydrogen-bond acceptors (Lipinski definition) is 3. The van der Waals surface area contributed by atoms with Crippen molar-refractivity contribution in [2.24, 2.45) is 0 Å². The maximum absolute atomic E-state index is 12.6. The molecule has 0 aliphatic heterocycles. The normalized spacial score (nSPS) is 13.3. The molecule has 6 heteroatoms. The Hall–Kier alpha value is -1.21. The van der Waals surface area contributed by atoms with Crippen LogP contribution in [-0.4, -0.2) is 34.0 Å². The maximum atomic E-state index is 12.6. The Bertz CT molecular complexity index is 761. The average Bonchev–Trinajstić information content (AvgIpc) is 2.47. The zero-order chi connectivity index (χ0) is 17.0. The summed E-state index contributed by atoms with van der Waals surface area (Å²) in [6, 6.07) is 15.0. The topological polar surface area (TPSA) is 49.4 Å². The predicted molar refractivity (Wildman–Crippen MR) is 96.9 cm³/mol. The van der Waals surface area contributed by atoms with E-state index in [2.05, 4.69) is 20.7 Å². The molecule has 0 aromatic heterocycles. The summed E-state index contributed by atoms with van der Waals surface area (Å²) < 4.78 is 28.4. The lowest BCUT2D eigenvalue weighted by molar-refractivity contribution is 0.299. The number of nitrogens with one attached hydrogen (secondary N) is 1. The first-order valence-corrected chi connectivity index (χ1v) is 9.56. The number of aryl methyl sites for hydroxylation is 1. The van der Waals surface area contributed by atoms with Crippen molar-refractivity contribution in [2.45, 2.75) is 17.9 Å². The summed E-state index contributed by atoms with van der Waals surface area (Å²) in [4.78, 5) is 2.26. The molecule has 124 valence electrons. The van der Waals surface area contributed by atoms with Crippen LogP contribution in [0.25, 0.3) is 0 Å². The van der Waals surface area contributed by atoms with Crippen molar-refractivity contribution in [3.8, 4) is 0 Å². The average molecular weight is 397 g/mol. The second-order valence-electron chi connectivity index (χ2n) is 5.68. The van der Waals surface area contributed by atoms with E-state index in [0.29, 0.717) is 11.0 Å². The SMILES string of the molecule is Cc1ccc(S(=O)(=O)NCC(c2ccccc2)N(C)C)c(Br)c1. The van der Waals surface area contributed by atoms with Gasteiger partial charge in [0.1, 0.15) is 0 Å². The lowest BCUT2D eigenvalue weighted by Crippen LogP contribution is -2.34. The van der Waals surface area contributed by atoms with Crippen LogP contribution in [0.1, 0.15) is 17.2 Å². The molecule has 2 aromatic rings. The van der Waals surface area contributed by atoms with Crippen LogP contribution >= 0.6 is 15.9 Å². The number of likely N-dealkylation sites (N-methyl/N-ethyl adjacent to an activating group) is 1. The quantitative estimate of drug-likeness (QED) is 0.814. The standard InChI is InChI=1S/C17H21BrN2O2S/c1-13-9-10-17(15(18)11-13)23(21,22)19-12-16(20(2)3)14-7-5-4-6-8-14/h4-11,16,19H,12H2,1-3H3. The van der Waals surface area contributed by atoms with Gasteiger partial charge in [0, 0.05) is 17.1 Å². The van der Waals surface area contributed by atoms with Crippen molar-refractivity contribution in [2.75, 3.05) is 20.6 Å². The highest BCUT2D eigenvalue weighted by atomic mass is 79.9. The minimum atomic E-state index is -3.57. The van der Waals surface area contributed by atoms with Crippen molar-refractivity contribution >= 4 is 26.0 Å². The van der Waals surface area contributed by atoms with E-state index >= 15 is 0 Å². The molecule has 1 unspecified atom stereocenters. The minimum absolute atomic E-state index is 0.0322. The summed E-state index contributed by atoms with van der Waals surface area (Å²) in [6.45, 7) is 2.23. The molecular weight excluding hydrogens is 376 g/mol. The molecule has 1 atom stereocenters. The van der Waals surface area contributed by atoms with Gasteiger partial charge in [0.15, 0.2) is 0 Å². The number of sulfonamides is 1. The monoisotopic (exact) mass is 396 g/mol. The van der Waals surface area contributed by atoms with Crippen LogP contribution in [0, 0.1) is 6.92 Å². The summed E-state index contributed by atoms with van der Waals surface area (Å²) in [6.07, 6.45) is 0. The first kappa shape index (κ1) is 18.1. The molecule has 2 aromatic carbocycles.